The average molecular weight is 523 g/mol. The first-order valence-corrected chi connectivity index (χ1v) is 13.0. The standard InChI is InChI=1S/C26H37ClF2N6O/c1-25(2)14-17(15-26(3,4)34-25)31-23-21(29)22(32-24(30)33-23)16-5-6-20(19(27)13-16)36-18-7-10-35(11-8-18)12-9-28/h5-6,13,17-18,34H,7-12,14-15H2,1-4H3,(H3,30,31,32,33). The van der Waals surface area contributed by atoms with Gasteiger partial charge in [0.25, 0.3) is 0 Å². The summed E-state index contributed by atoms with van der Waals surface area (Å²) in [7, 11) is 0. The number of nitrogens with one attached hydrogen (secondary N) is 2. The van der Waals surface area contributed by atoms with E-state index in [0.717, 1.165) is 38.8 Å². The molecule has 0 spiro atoms. The van der Waals surface area contributed by atoms with Gasteiger partial charge >= 0.3 is 0 Å². The molecule has 10 heteroatoms. The second kappa shape index (κ2) is 10.6. The Kier molecular flexibility index (Phi) is 7.92. The monoisotopic (exact) mass is 522 g/mol. The minimum atomic E-state index is -0.566. The molecule has 3 heterocycles. The number of hydrogen-bond donors (Lipinski definition) is 3. The predicted molar refractivity (Wildman–Crippen MR) is 141 cm³/mol. The number of ether oxygens (including phenoxy) is 1. The number of likely N-dealkylation sites (tertiary alicyclic amines) is 1. The number of rotatable bonds is 7. The number of benzene rings is 1. The summed E-state index contributed by atoms with van der Waals surface area (Å²) >= 11 is 6.52. The van der Waals surface area contributed by atoms with Crippen molar-refractivity contribution >= 4 is 23.4 Å². The molecule has 1 aromatic carbocycles. The largest absolute Gasteiger partial charge is 0.489 e. The van der Waals surface area contributed by atoms with Gasteiger partial charge < -0.3 is 26.0 Å². The molecule has 2 saturated heterocycles. The van der Waals surface area contributed by atoms with Crippen LogP contribution in [0.4, 0.5) is 20.5 Å². The molecule has 2 aliphatic heterocycles. The van der Waals surface area contributed by atoms with Crippen LogP contribution >= 0.6 is 11.6 Å². The lowest BCUT2D eigenvalue weighted by Gasteiger charge is -2.46. The third kappa shape index (κ3) is 6.55. The molecule has 0 atom stereocenters. The fourth-order valence-corrected chi connectivity index (χ4v) is 5.89. The van der Waals surface area contributed by atoms with Gasteiger partial charge in [0.2, 0.25) is 5.95 Å². The highest BCUT2D eigenvalue weighted by Gasteiger charge is 2.38. The number of nitrogens with two attached hydrogens (primary N) is 1. The van der Waals surface area contributed by atoms with Gasteiger partial charge in [-0.25, -0.2) is 13.8 Å². The smallest absolute Gasteiger partial charge is 0.222 e. The van der Waals surface area contributed by atoms with Gasteiger partial charge in [-0.1, -0.05) is 11.6 Å². The average Bonchev–Trinajstić information content (AvgIpc) is 2.77. The van der Waals surface area contributed by atoms with Crippen molar-refractivity contribution in [2.45, 2.75) is 76.6 Å². The number of nitrogens with zero attached hydrogens (tertiary/aromatic N) is 3. The highest BCUT2D eigenvalue weighted by atomic mass is 35.5. The lowest BCUT2D eigenvalue weighted by Crippen LogP contribution is -2.60. The van der Waals surface area contributed by atoms with E-state index in [0.29, 0.717) is 22.9 Å². The molecule has 4 N–H and O–H groups in total. The van der Waals surface area contributed by atoms with Gasteiger partial charge in [0.15, 0.2) is 11.6 Å². The van der Waals surface area contributed by atoms with E-state index in [-0.39, 0.29) is 47.4 Å². The Morgan fingerprint density at radius 2 is 1.83 bits per heavy atom. The Labute approximate surface area is 217 Å². The zero-order valence-corrected chi connectivity index (χ0v) is 22.3. The number of aromatic nitrogens is 2. The van der Waals surface area contributed by atoms with E-state index >= 15 is 4.39 Å². The lowest BCUT2D eigenvalue weighted by molar-refractivity contribution is 0.0969. The zero-order chi connectivity index (χ0) is 26.1. The van der Waals surface area contributed by atoms with Gasteiger partial charge in [0.1, 0.15) is 24.2 Å². The van der Waals surface area contributed by atoms with Crippen LogP contribution in [0.1, 0.15) is 53.4 Å². The maximum Gasteiger partial charge on any atom is 0.222 e. The van der Waals surface area contributed by atoms with Gasteiger partial charge in [0, 0.05) is 42.3 Å². The molecule has 198 valence electrons. The van der Waals surface area contributed by atoms with Gasteiger partial charge in [0.05, 0.1) is 5.02 Å². The van der Waals surface area contributed by atoms with Crippen LogP contribution in [0.5, 0.6) is 5.75 Å². The van der Waals surface area contributed by atoms with E-state index < -0.39 is 5.82 Å². The first-order chi connectivity index (χ1) is 16.9. The number of nitrogen functional groups attached to an aromatic ring is 1. The second-order valence-corrected chi connectivity index (χ2v) is 11.6. The van der Waals surface area contributed by atoms with E-state index in [4.69, 9.17) is 22.1 Å². The summed E-state index contributed by atoms with van der Waals surface area (Å²) in [5.74, 6) is 0.0398. The first kappa shape index (κ1) is 26.8. The van der Waals surface area contributed by atoms with Crippen LogP contribution < -0.4 is 21.1 Å². The maximum absolute atomic E-state index is 15.6. The molecule has 0 saturated carbocycles. The van der Waals surface area contributed by atoms with Crippen LogP contribution in [0.25, 0.3) is 11.3 Å². The number of alkyl halides is 1. The van der Waals surface area contributed by atoms with E-state index in [1.807, 2.05) is 0 Å². The molecule has 2 aromatic rings. The van der Waals surface area contributed by atoms with Crippen molar-refractivity contribution in [3.05, 3.63) is 29.0 Å². The molecule has 0 amide bonds. The van der Waals surface area contributed by atoms with Crippen molar-refractivity contribution in [2.24, 2.45) is 0 Å². The minimum absolute atomic E-state index is 0.00456. The Morgan fingerprint density at radius 1 is 1.17 bits per heavy atom. The second-order valence-electron chi connectivity index (χ2n) is 11.2. The first-order valence-electron chi connectivity index (χ1n) is 12.6. The van der Waals surface area contributed by atoms with Crippen molar-refractivity contribution in [3.8, 4) is 17.0 Å². The third-order valence-corrected chi connectivity index (χ3v) is 7.13. The van der Waals surface area contributed by atoms with Gasteiger partial charge in [-0.3, -0.25) is 0 Å². The molecular weight excluding hydrogens is 486 g/mol. The normalized spacial score (nSPS) is 20.9. The van der Waals surface area contributed by atoms with Gasteiger partial charge in [-0.15, -0.1) is 0 Å². The van der Waals surface area contributed by atoms with E-state index in [1.54, 1.807) is 18.2 Å². The van der Waals surface area contributed by atoms with Gasteiger partial charge in [-0.2, -0.15) is 4.98 Å². The number of hydrogen-bond acceptors (Lipinski definition) is 7. The fraction of sp³-hybridized carbons (Fsp3) is 0.615. The number of halogens is 3. The van der Waals surface area contributed by atoms with Gasteiger partial charge in [-0.05, 0) is 71.6 Å². The Balaban J connectivity index is 1.50. The minimum Gasteiger partial charge on any atom is -0.489 e. The molecule has 0 radical (unpaired) electrons. The highest BCUT2D eigenvalue weighted by molar-refractivity contribution is 6.32. The van der Waals surface area contributed by atoms with Crippen LogP contribution in [0.2, 0.25) is 5.02 Å². The Hall–Kier alpha value is -2.23. The molecule has 0 bridgehead atoms. The van der Waals surface area contributed by atoms with Crippen molar-refractivity contribution in [2.75, 3.05) is 37.4 Å². The lowest BCUT2D eigenvalue weighted by atomic mass is 9.79. The SMILES string of the molecule is CC1(C)CC(Nc2nc(N)nc(-c3ccc(OC4CCN(CCF)CC4)c(Cl)c3)c2F)CC(C)(C)N1. The molecule has 2 aliphatic rings. The molecule has 2 fully saturated rings. The summed E-state index contributed by atoms with van der Waals surface area (Å²) in [4.78, 5) is 10.4. The zero-order valence-electron chi connectivity index (χ0n) is 21.5. The van der Waals surface area contributed by atoms with E-state index in [9.17, 15) is 4.39 Å². The van der Waals surface area contributed by atoms with Crippen LogP contribution in [0.3, 0.4) is 0 Å². The predicted octanol–water partition coefficient (Wildman–Crippen LogP) is 5.05. The van der Waals surface area contributed by atoms with E-state index in [1.165, 1.54) is 0 Å². The summed E-state index contributed by atoms with van der Waals surface area (Å²) in [5.41, 5.74) is 6.34. The highest BCUT2D eigenvalue weighted by Crippen LogP contribution is 2.35. The third-order valence-electron chi connectivity index (χ3n) is 6.83. The number of piperidine rings is 2. The maximum atomic E-state index is 15.6. The van der Waals surface area contributed by atoms with Crippen LogP contribution in [-0.2, 0) is 0 Å². The topological polar surface area (TPSA) is 88.3 Å². The summed E-state index contributed by atoms with van der Waals surface area (Å²) in [5, 5.41) is 7.26. The van der Waals surface area contributed by atoms with Crippen LogP contribution in [0, 0.1) is 5.82 Å². The van der Waals surface area contributed by atoms with Crippen molar-refractivity contribution < 1.29 is 13.5 Å². The molecule has 0 aliphatic carbocycles. The van der Waals surface area contributed by atoms with Crippen molar-refractivity contribution in [1.29, 1.82) is 0 Å². The quantitative estimate of drug-likeness (QED) is 0.469. The molecular formula is C26H37ClF2N6O. The molecule has 7 nitrogen and oxygen atoms in total. The summed E-state index contributed by atoms with van der Waals surface area (Å²) in [6.07, 6.45) is 3.22. The molecule has 4 rings (SSSR count). The van der Waals surface area contributed by atoms with Crippen molar-refractivity contribution in [3.63, 3.8) is 0 Å². The Morgan fingerprint density at radius 3 is 2.44 bits per heavy atom. The van der Waals surface area contributed by atoms with Crippen LogP contribution in [0.15, 0.2) is 18.2 Å². The summed E-state index contributed by atoms with van der Waals surface area (Å²) in [6.45, 7) is 10.2. The summed E-state index contributed by atoms with van der Waals surface area (Å²) < 4.78 is 34.3. The molecule has 0 unspecified atom stereocenters. The molecule has 36 heavy (non-hydrogen) atoms. The van der Waals surface area contributed by atoms with E-state index in [2.05, 4.69) is 53.2 Å². The van der Waals surface area contributed by atoms with Crippen LogP contribution in [-0.4, -0.2) is 64.4 Å². The van der Waals surface area contributed by atoms with Crippen molar-refractivity contribution in [1.82, 2.24) is 20.2 Å². The number of anilines is 2. The molecule has 1 aromatic heterocycles. The summed E-state index contributed by atoms with van der Waals surface area (Å²) in [6, 6.07) is 5.11. The Bertz CT molecular complexity index is 1060. The fourth-order valence-electron chi connectivity index (χ4n) is 5.66.